The molecule has 1 rings (SSSR count). The molecule has 0 aromatic heterocycles. The highest BCUT2D eigenvalue weighted by Crippen LogP contribution is 2.21. The maximum Gasteiger partial charge on any atom is 0.244 e. The Hall–Kier alpha value is -0.200. The van der Waals surface area contributed by atoms with Crippen LogP contribution < -0.4 is 11.3 Å². The van der Waals surface area contributed by atoms with Gasteiger partial charge in [0.15, 0.2) is 0 Å². The third-order valence-electron chi connectivity index (χ3n) is 1.05. The number of nitrogens with zero attached hydrogens (tertiary/aromatic N) is 1. The molecule has 0 aromatic rings. The lowest BCUT2D eigenvalue weighted by Crippen LogP contribution is -2.31. The SMILES string of the molecule is NNC(=O)CSC1=NCCS1. The Morgan fingerprint density at radius 2 is 2.73 bits per heavy atom. The van der Waals surface area contributed by atoms with Crippen molar-refractivity contribution in [1.82, 2.24) is 5.43 Å². The molecule has 6 heteroatoms. The summed E-state index contributed by atoms with van der Waals surface area (Å²) >= 11 is 3.12. The predicted molar refractivity (Wildman–Crippen MR) is 49.5 cm³/mol. The van der Waals surface area contributed by atoms with Crippen LogP contribution in [-0.4, -0.2) is 28.3 Å². The fourth-order valence-corrected chi connectivity index (χ4v) is 2.39. The Bertz CT molecular complexity index is 183. The van der Waals surface area contributed by atoms with E-state index < -0.39 is 0 Å². The molecule has 1 aliphatic heterocycles. The van der Waals surface area contributed by atoms with E-state index in [4.69, 9.17) is 5.84 Å². The number of nitrogens with two attached hydrogens (primary N) is 1. The van der Waals surface area contributed by atoms with Crippen LogP contribution in [-0.2, 0) is 4.79 Å². The van der Waals surface area contributed by atoms with Crippen LogP contribution >= 0.6 is 23.5 Å². The molecule has 0 radical (unpaired) electrons. The molecular formula is C5H9N3OS2. The second-order valence-electron chi connectivity index (χ2n) is 1.85. The van der Waals surface area contributed by atoms with E-state index >= 15 is 0 Å². The summed E-state index contributed by atoms with van der Waals surface area (Å²) in [6.45, 7) is 0.872. The van der Waals surface area contributed by atoms with Crippen LogP contribution in [0, 0.1) is 0 Å². The zero-order chi connectivity index (χ0) is 8.10. The lowest BCUT2D eigenvalue weighted by Gasteiger charge is -1.97. The molecule has 1 amide bonds. The highest BCUT2D eigenvalue weighted by Gasteiger charge is 2.08. The minimum Gasteiger partial charge on any atom is -0.294 e. The molecule has 4 nitrogen and oxygen atoms in total. The van der Waals surface area contributed by atoms with Gasteiger partial charge in [-0.05, 0) is 0 Å². The molecule has 1 aliphatic rings. The fraction of sp³-hybridized carbons (Fsp3) is 0.600. The number of carbonyl (C=O) groups excluding carboxylic acids is 1. The smallest absolute Gasteiger partial charge is 0.244 e. The van der Waals surface area contributed by atoms with Gasteiger partial charge in [-0.1, -0.05) is 23.5 Å². The number of hydrazine groups is 1. The minimum absolute atomic E-state index is 0.162. The highest BCUT2D eigenvalue weighted by molar-refractivity contribution is 8.39. The molecule has 0 aliphatic carbocycles. The van der Waals surface area contributed by atoms with E-state index in [9.17, 15) is 4.79 Å². The lowest BCUT2D eigenvalue weighted by atomic mass is 10.8. The van der Waals surface area contributed by atoms with Gasteiger partial charge in [-0.2, -0.15) is 0 Å². The Morgan fingerprint density at radius 1 is 1.91 bits per heavy atom. The number of amides is 1. The Morgan fingerprint density at radius 3 is 3.27 bits per heavy atom. The number of aliphatic imine (C=N–C) groups is 1. The summed E-state index contributed by atoms with van der Waals surface area (Å²) in [5.74, 6) is 6.13. The summed E-state index contributed by atoms with van der Waals surface area (Å²) in [4.78, 5) is 14.8. The molecule has 1 heterocycles. The van der Waals surface area contributed by atoms with Crippen molar-refractivity contribution < 1.29 is 4.79 Å². The van der Waals surface area contributed by atoms with Crippen LogP contribution in [0.4, 0.5) is 0 Å². The number of rotatable bonds is 2. The average Bonchev–Trinajstić information content (AvgIpc) is 2.52. The number of hydrogen-bond donors (Lipinski definition) is 2. The van der Waals surface area contributed by atoms with Gasteiger partial charge >= 0.3 is 0 Å². The summed E-state index contributed by atoms with van der Waals surface area (Å²) in [5.41, 5.74) is 2.06. The molecule has 0 unspecified atom stereocenters. The van der Waals surface area contributed by atoms with Gasteiger partial charge in [-0.15, -0.1) is 0 Å². The third kappa shape index (κ3) is 3.13. The minimum atomic E-state index is -0.162. The first kappa shape index (κ1) is 8.89. The third-order valence-corrected chi connectivity index (χ3v) is 3.30. The Labute approximate surface area is 73.4 Å². The van der Waals surface area contributed by atoms with E-state index in [1.54, 1.807) is 11.8 Å². The topological polar surface area (TPSA) is 67.5 Å². The highest BCUT2D eigenvalue weighted by atomic mass is 32.2. The van der Waals surface area contributed by atoms with E-state index in [1.807, 2.05) is 0 Å². The number of carbonyl (C=O) groups is 1. The van der Waals surface area contributed by atoms with E-state index in [1.165, 1.54) is 11.8 Å². The number of thioether (sulfide) groups is 2. The molecule has 0 fully saturated rings. The van der Waals surface area contributed by atoms with Crippen molar-refractivity contribution in [2.24, 2.45) is 10.8 Å². The second kappa shape index (κ2) is 4.63. The normalized spacial score (nSPS) is 16.3. The van der Waals surface area contributed by atoms with Crippen LogP contribution in [0.15, 0.2) is 4.99 Å². The maximum absolute atomic E-state index is 10.6. The number of hydrogen-bond acceptors (Lipinski definition) is 5. The molecule has 3 N–H and O–H groups in total. The molecule has 0 bridgehead atoms. The van der Waals surface area contributed by atoms with E-state index in [2.05, 4.69) is 10.4 Å². The van der Waals surface area contributed by atoms with Gasteiger partial charge in [-0.25, -0.2) is 5.84 Å². The molecule has 0 atom stereocenters. The second-order valence-corrected chi connectivity index (χ2v) is 4.16. The van der Waals surface area contributed by atoms with Gasteiger partial charge in [-0.3, -0.25) is 15.2 Å². The zero-order valence-electron chi connectivity index (χ0n) is 5.87. The molecule has 0 aromatic carbocycles. The quantitative estimate of drug-likeness (QED) is 0.361. The molecule has 0 spiro atoms. The van der Waals surface area contributed by atoms with Crippen molar-refractivity contribution >= 4 is 33.8 Å². The van der Waals surface area contributed by atoms with Gasteiger partial charge in [0.2, 0.25) is 5.91 Å². The van der Waals surface area contributed by atoms with Gasteiger partial charge < -0.3 is 0 Å². The van der Waals surface area contributed by atoms with Crippen LogP contribution in [0.3, 0.4) is 0 Å². The first-order chi connectivity index (χ1) is 5.33. The molecule has 62 valence electrons. The standard InChI is InChI=1S/C5H9N3OS2/c6-8-4(9)3-11-5-7-1-2-10-5/h1-3,6H2,(H,8,9). The summed E-state index contributed by atoms with van der Waals surface area (Å²) < 4.78 is 0.994. The first-order valence-electron chi connectivity index (χ1n) is 3.12. The zero-order valence-corrected chi connectivity index (χ0v) is 7.50. The van der Waals surface area contributed by atoms with E-state index in [0.717, 1.165) is 16.7 Å². The Balaban J connectivity index is 2.16. The monoisotopic (exact) mass is 191 g/mol. The van der Waals surface area contributed by atoms with Crippen LogP contribution in [0.5, 0.6) is 0 Å². The van der Waals surface area contributed by atoms with Crippen molar-refractivity contribution in [3.05, 3.63) is 0 Å². The Kier molecular flexibility index (Phi) is 3.74. The van der Waals surface area contributed by atoms with Gasteiger partial charge in [0.05, 0.1) is 12.3 Å². The van der Waals surface area contributed by atoms with Crippen molar-refractivity contribution in [3.63, 3.8) is 0 Å². The molecule has 11 heavy (non-hydrogen) atoms. The van der Waals surface area contributed by atoms with Crippen LogP contribution in [0.1, 0.15) is 0 Å². The molecular weight excluding hydrogens is 182 g/mol. The number of nitrogens with one attached hydrogen (secondary N) is 1. The van der Waals surface area contributed by atoms with Crippen LogP contribution in [0.25, 0.3) is 0 Å². The van der Waals surface area contributed by atoms with Crippen LogP contribution in [0.2, 0.25) is 0 Å². The van der Waals surface area contributed by atoms with E-state index in [-0.39, 0.29) is 5.91 Å². The molecule has 0 saturated carbocycles. The van der Waals surface area contributed by atoms with Gasteiger partial charge in [0.1, 0.15) is 4.38 Å². The van der Waals surface area contributed by atoms with Crippen molar-refractivity contribution in [3.8, 4) is 0 Å². The largest absolute Gasteiger partial charge is 0.294 e. The summed E-state index contributed by atoms with van der Waals surface area (Å²) in [5, 5.41) is 0. The summed E-state index contributed by atoms with van der Waals surface area (Å²) in [7, 11) is 0. The average molecular weight is 191 g/mol. The molecule has 0 saturated heterocycles. The predicted octanol–water partition coefficient (Wildman–Crippen LogP) is -0.188. The summed E-state index contributed by atoms with van der Waals surface area (Å²) in [6.07, 6.45) is 0. The lowest BCUT2D eigenvalue weighted by molar-refractivity contribution is -0.118. The van der Waals surface area contributed by atoms with Crippen molar-refractivity contribution in [2.75, 3.05) is 18.1 Å². The van der Waals surface area contributed by atoms with Crippen molar-refractivity contribution in [2.45, 2.75) is 0 Å². The maximum atomic E-state index is 10.6. The van der Waals surface area contributed by atoms with Crippen molar-refractivity contribution in [1.29, 1.82) is 0 Å². The van der Waals surface area contributed by atoms with E-state index in [0.29, 0.717) is 5.75 Å². The fourth-order valence-electron chi connectivity index (χ4n) is 0.572. The van der Waals surface area contributed by atoms with Gasteiger partial charge in [0.25, 0.3) is 0 Å². The first-order valence-corrected chi connectivity index (χ1v) is 5.09. The van der Waals surface area contributed by atoms with Gasteiger partial charge in [0, 0.05) is 5.75 Å². The summed E-state index contributed by atoms with van der Waals surface area (Å²) in [6, 6.07) is 0.